The van der Waals surface area contributed by atoms with Gasteiger partial charge in [0.25, 0.3) is 0 Å². The van der Waals surface area contributed by atoms with Crippen LogP contribution in [0.15, 0.2) is 24.3 Å². The number of hydrogen-bond donors (Lipinski definition) is 1. The summed E-state index contributed by atoms with van der Waals surface area (Å²) in [5, 5.41) is 11.9. The molecular weight excluding hydrogens is 360 g/mol. The van der Waals surface area contributed by atoms with Crippen molar-refractivity contribution in [3.8, 4) is 0 Å². The molecule has 0 saturated heterocycles. The Hall–Kier alpha value is -1.84. The predicted octanol–water partition coefficient (Wildman–Crippen LogP) is 1.82. The molecule has 0 bridgehead atoms. The lowest BCUT2D eigenvalue weighted by Crippen LogP contribution is -2.51. The lowest BCUT2D eigenvalue weighted by atomic mass is 9.95. The van der Waals surface area contributed by atoms with Crippen molar-refractivity contribution in [3.05, 3.63) is 40.4 Å². The van der Waals surface area contributed by atoms with Gasteiger partial charge in [0.1, 0.15) is 11.0 Å². The highest BCUT2D eigenvalue weighted by molar-refractivity contribution is 7.89. The van der Waals surface area contributed by atoms with Crippen molar-refractivity contribution in [2.24, 2.45) is 0 Å². The first kappa shape index (κ1) is 18.0. The van der Waals surface area contributed by atoms with E-state index < -0.39 is 16.1 Å². The Bertz CT molecular complexity index is 879. The van der Waals surface area contributed by atoms with E-state index in [1.54, 1.807) is 6.92 Å². The highest BCUT2D eigenvalue weighted by Gasteiger charge is 2.38. The van der Waals surface area contributed by atoms with E-state index in [2.05, 4.69) is 15.5 Å². The van der Waals surface area contributed by atoms with Gasteiger partial charge in [-0.3, -0.25) is 10.1 Å². The molecule has 9 heteroatoms. The van der Waals surface area contributed by atoms with E-state index in [0.29, 0.717) is 11.6 Å². The molecule has 7 nitrogen and oxygen atoms in total. The molecule has 0 unspecified atom stereocenters. The van der Waals surface area contributed by atoms with Crippen LogP contribution in [0.3, 0.4) is 0 Å². The van der Waals surface area contributed by atoms with E-state index in [1.807, 2.05) is 31.2 Å². The van der Waals surface area contributed by atoms with Crippen LogP contribution in [0.1, 0.15) is 30.0 Å². The standard InChI is InChI=1S/C16H20N4O3S2/c1-3-14-18-19-16(24-14)17-15(21)13-9-11-7-5-6-8-12(11)10-20(13)25(22,23)4-2/h5-8,13H,3-4,9-10H2,1-2H3,(H,17,19,21)/t13-/m0/s1. The third-order valence-electron chi connectivity index (χ3n) is 4.23. The van der Waals surface area contributed by atoms with Gasteiger partial charge in [0, 0.05) is 6.54 Å². The Kier molecular flexibility index (Phi) is 5.16. The molecule has 1 N–H and O–H groups in total. The summed E-state index contributed by atoms with van der Waals surface area (Å²) in [4.78, 5) is 12.8. The monoisotopic (exact) mass is 380 g/mol. The molecule has 1 aliphatic rings. The molecular formula is C16H20N4O3S2. The third kappa shape index (κ3) is 3.73. The van der Waals surface area contributed by atoms with Gasteiger partial charge in [0.15, 0.2) is 0 Å². The van der Waals surface area contributed by atoms with Crippen molar-refractivity contribution in [1.29, 1.82) is 0 Å². The van der Waals surface area contributed by atoms with E-state index in [9.17, 15) is 13.2 Å². The number of carbonyl (C=O) groups is 1. The zero-order valence-corrected chi connectivity index (χ0v) is 15.7. The van der Waals surface area contributed by atoms with Crippen molar-refractivity contribution in [1.82, 2.24) is 14.5 Å². The van der Waals surface area contributed by atoms with Crippen molar-refractivity contribution in [2.75, 3.05) is 11.1 Å². The summed E-state index contributed by atoms with van der Waals surface area (Å²) < 4.78 is 26.3. The number of carbonyl (C=O) groups excluding carboxylic acids is 1. The fourth-order valence-electron chi connectivity index (χ4n) is 2.82. The third-order valence-corrected chi connectivity index (χ3v) is 7.04. The fraction of sp³-hybridized carbons (Fsp3) is 0.438. The van der Waals surface area contributed by atoms with Gasteiger partial charge in [-0.15, -0.1) is 10.2 Å². The summed E-state index contributed by atoms with van der Waals surface area (Å²) in [5.74, 6) is -0.414. The summed E-state index contributed by atoms with van der Waals surface area (Å²) in [7, 11) is -3.51. The molecule has 0 saturated carbocycles. The topological polar surface area (TPSA) is 92.3 Å². The number of nitrogens with zero attached hydrogens (tertiary/aromatic N) is 3. The molecule has 2 heterocycles. The van der Waals surface area contributed by atoms with Gasteiger partial charge in [0.05, 0.1) is 5.75 Å². The lowest BCUT2D eigenvalue weighted by molar-refractivity contribution is -0.120. The number of fused-ring (bicyclic) bond motifs is 1. The van der Waals surface area contributed by atoms with Crippen LogP contribution >= 0.6 is 11.3 Å². The summed E-state index contributed by atoms with van der Waals surface area (Å²) in [6.07, 6.45) is 1.08. The second-order valence-electron chi connectivity index (χ2n) is 5.78. The van der Waals surface area contributed by atoms with Gasteiger partial charge in [-0.1, -0.05) is 42.5 Å². The average molecular weight is 380 g/mol. The maximum atomic E-state index is 12.8. The minimum Gasteiger partial charge on any atom is -0.299 e. The van der Waals surface area contributed by atoms with E-state index in [-0.39, 0.29) is 18.2 Å². The van der Waals surface area contributed by atoms with Gasteiger partial charge in [-0.05, 0) is 30.9 Å². The Morgan fingerprint density at radius 1 is 1.28 bits per heavy atom. The van der Waals surface area contributed by atoms with Crippen LogP contribution in [0, 0.1) is 0 Å². The molecule has 1 aliphatic heterocycles. The van der Waals surface area contributed by atoms with Crippen LogP contribution in [0.5, 0.6) is 0 Å². The van der Waals surface area contributed by atoms with Crippen molar-refractivity contribution < 1.29 is 13.2 Å². The number of nitrogens with one attached hydrogen (secondary N) is 1. The van der Waals surface area contributed by atoms with Crippen LogP contribution in [0.2, 0.25) is 0 Å². The number of hydrogen-bond acceptors (Lipinski definition) is 6. The van der Waals surface area contributed by atoms with E-state index in [0.717, 1.165) is 22.6 Å². The van der Waals surface area contributed by atoms with E-state index in [1.165, 1.54) is 15.6 Å². The molecule has 1 amide bonds. The van der Waals surface area contributed by atoms with Crippen LogP contribution < -0.4 is 5.32 Å². The zero-order chi connectivity index (χ0) is 18.0. The zero-order valence-electron chi connectivity index (χ0n) is 14.1. The summed E-state index contributed by atoms with van der Waals surface area (Å²) in [6.45, 7) is 3.75. The summed E-state index contributed by atoms with van der Waals surface area (Å²) in [6, 6.07) is 6.83. The Morgan fingerprint density at radius 3 is 2.64 bits per heavy atom. The van der Waals surface area contributed by atoms with Gasteiger partial charge in [0.2, 0.25) is 21.1 Å². The minimum absolute atomic E-state index is 0.0439. The average Bonchev–Trinajstić information content (AvgIpc) is 3.08. The van der Waals surface area contributed by atoms with Crippen molar-refractivity contribution >= 4 is 32.4 Å². The molecule has 0 spiro atoms. The van der Waals surface area contributed by atoms with E-state index in [4.69, 9.17) is 0 Å². The number of aryl methyl sites for hydroxylation is 1. The Balaban J connectivity index is 1.89. The van der Waals surface area contributed by atoms with E-state index >= 15 is 0 Å². The molecule has 0 aliphatic carbocycles. The molecule has 134 valence electrons. The highest BCUT2D eigenvalue weighted by atomic mass is 32.2. The first-order valence-electron chi connectivity index (χ1n) is 8.14. The normalized spacial score (nSPS) is 17.9. The number of benzene rings is 1. The van der Waals surface area contributed by atoms with Gasteiger partial charge in [-0.2, -0.15) is 4.31 Å². The number of aromatic nitrogens is 2. The Morgan fingerprint density at radius 2 is 2.00 bits per heavy atom. The maximum absolute atomic E-state index is 12.8. The number of anilines is 1. The SMILES string of the molecule is CCc1nnc(NC(=O)[C@@H]2Cc3ccccc3CN2S(=O)(=O)CC)s1. The van der Waals surface area contributed by atoms with Gasteiger partial charge in [-0.25, -0.2) is 8.42 Å². The molecule has 2 aromatic rings. The molecule has 1 atom stereocenters. The first-order valence-corrected chi connectivity index (χ1v) is 10.6. The molecule has 0 fully saturated rings. The smallest absolute Gasteiger partial charge is 0.245 e. The second-order valence-corrected chi connectivity index (χ2v) is 9.05. The number of sulfonamides is 1. The van der Waals surface area contributed by atoms with Crippen molar-refractivity contribution in [2.45, 2.75) is 39.3 Å². The van der Waals surface area contributed by atoms with Crippen LogP contribution in [-0.4, -0.2) is 40.6 Å². The fourth-order valence-corrected chi connectivity index (χ4v) is 4.72. The Labute approximate surface area is 151 Å². The maximum Gasteiger partial charge on any atom is 0.245 e. The highest BCUT2D eigenvalue weighted by Crippen LogP contribution is 2.27. The number of amides is 1. The summed E-state index contributed by atoms with van der Waals surface area (Å²) in [5.41, 5.74) is 1.93. The quantitative estimate of drug-likeness (QED) is 0.854. The van der Waals surface area contributed by atoms with Crippen LogP contribution in [0.4, 0.5) is 5.13 Å². The van der Waals surface area contributed by atoms with Crippen LogP contribution in [0.25, 0.3) is 0 Å². The first-order chi connectivity index (χ1) is 11.9. The van der Waals surface area contributed by atoms with Gasteiger partial charge < -0.3 is 0 Å². The molecule has 25 heavy (non-hydrogen) atoms. The lowest BCUT2D eigenvalue weighted by Gasteiger charge is -2.34. The predicted molar refractivity (Wildman–Crippen MR) is 96.9 cm³/mol. The van der Waals surface area contributed by atoms with Crippen LogP contribution in [-0.2, 0) is 34.2 Å². The molecule has 1 aromatic carbocycles. The second kappa shape index (κ2) is 7.19. The largest absolute Gasteiger partial charge is 0.299 e. The van der Waals surface area contributed by atoms with Gasteiger partial charge >= 0.3 is 0 Å². The summed E-state index contributed by atoms with van der Waals surface area (Å²) >= 11 is 1.30. The molecule has 1 aromatic heterocycles. The molecule has 3 rings (SSSR count). The molecule has 0 radical (unpaired) electrons. The minimum atomic E-state index is -3.51. The van der Waals surface area contributed by atoms with Crippen molar-refractivity contribution in [3.63, 3.8) is 0 Å². The number of rotatable bonds is 5.